The molecule has 1 atom stereocenters. The molecule has 3 nitrogen and oxygen atoms in total. The van der Waals surface area contributed by atoms with E-state index in [1.54, 1.807) is 0 Å². The molecule has 0 aromatic carbocycles. The van der Waals surface area contributed by atoms with Gasteiger partial charge in [0.05, 0.1) is 12.7 Å². The molecule has 21 heavy (non-hydrogen) atoms. The highest BCUT2D eigenvalue weighted by atomic mass is 16.7. The Morgan fingerprint density at radius 2 is 1.76 bits per heavy atom. The number of nitrogens with zero attached hydrogens (tertiary/aromatic N) is 1. The smallest absolute Gasteiger partial charge is 0.168 e. The summed E-state index contributed by atoms with van der Waals surface area (Å²) in [6, 6.07) is 0.787. The summed E-state index contributed by atoms with van der Waals surface area (Å²) >= 11 is 0. The standard InChI is InChI=1S/C18H33NO2/c1-3-19(16-7-5-4-6-8-16)13-17-14-20-18(21-17)11-9-15(2)10-12-18/h15-17H,3-14H2,1-2H3. The van der Waals surface area contributed by atoms with Gasteiger partial charge in [0.15, 0.2) is 5.79 Å². The van der Waals surface area contributed by atoms with Crippen molar-refractivity contribution in [2.45, 2.75) is 89.6 Å². The summed E-state index contributed by atoms with van der Waals surface area (Å²) in [7, 11) is 0. The van der Waals surface area contributed by atoms with Crippen LogP contribution >= 0.6 is 0 Å². The summed E-state index contributed by atoms with van der Waals surface area (Å²) in [6.07, 6.45) is 12.0. The van der Waals surface area contributed by atoms with Crippen LogP contribution in [0.25, 0.3) is 0 Å². The van der Waals surface area contributed by atoms with Gasteiger partial charge in [-0.25, -0.2) is 0 Å². The Kier molecular flexibility index (Phi) is 5.23. The second-order valence-electron chi connectivity index (χ2n) is 7.52. The van der Waals surface area contributed by atoms with Crippen molar-refractivity contribution >= 4 is 0 Å². The van der Waals surface area contributed by atoms with Crippen LogP contribution in [0.4, 0.5) is 0 Å². The molecule has 2 aliphatic carbocycles. The molecule has 0 bridgehead atoms. The zero-order valence-corrected chi connectivity index (χ0v) is 14.0. The number of hydrogen-bond donors (Lipinski definition) is 0. The molecule has 0 aromatic heterocycles. The molecule has 3 fully saturated rings. The maximum atomic E-state index is 6.40. The second kappa shape index (κ2) is 6.97. The first-order valence-corrected chi connectivity index (χ1v) is 9.26. The van der Waals surface area contributed by atoms with E-state index in [4.69, 9.17) is 9.47 Å². The molecule has 0 amide bonds. The van der Waals surface area contributed by atoms with Gasteiger partial charge < -0.3 is 9.47 Å². The van der Waals surface area contributed by atoms with Crippen LogP contribution in [0.15, 0.2) is 0 Å². The van der Waals surface area contributed by atoms with Crippen molar-refractivity contribution in [1.82, 2.24) is 4.90 Å². The van der Waals surface area contributed by atoms with Gasteiger partial charge in [-0.3, -0.25) is 4.90 Å². The Balaban J connectivity index is 1.51. The van der Waals surface area contributed by atoms with Crippen LogP contribution in [0.3, 0.4) is 0 Å². The van der Waals surface area contributed by atoms with Gasteiger partial charge in [-0.05, 0) is 38.1 Å². The molecule has 3 heteroatoms. The first-order chi connectivity index (χ1) is 10.2. The SMILES string of the molecule is CCN(CC1COC2(CCC(C)CC2)O1)C1CCCCC1. The molecular weight excluding hydrogens is 262 g/mol. The third kappa shape index (κ3) is 3.80. The van der Waals surface area contributed by atoms with E-state index in [1.165, 1.54) is 44.9 Å². The summed E-state index contributed by atoms with van der Waals surface area (Å²) in [5.41, 5.74) is 0. The summed E-state index contributed by atoms with van der Waals surface area (Å²) in [5.74, 6) is 0.625. The average molecular weight is 295 g/mol. The molecule has 122 valence electrons. The van der Waals surface area contributed by atoms with E-state index in [2.05, 4.69) is 18.7 Å². The number of likely N-dealkylation sites (N-methyl/N-ethyl adjacent to an activating group) is 1. The van der Waals surface area contributed by atoms with Crippen molar-refractivity contribution in [3.05, 3.63) is 0 Å². The minimum atomic E-state index is -0.219. The summed E-state index contributed by atoms with van der Waals surface area (Å²) < 4.78 is 12.5. The number of ether oxygens (including phenoxy) is 2. The first kappa shape index (κ1) is 15.8. The van der Waals surface area contributed by atoms with Gasteiger partial charge in [-0.2, -0.15) is 0 Å². The molecule has 0 aromatic rings. The highest BCUT2D eigenvalue weighted by Gasteiger charge is 2.44. The van der Waals surface area contributed by atoms with Crippen molar-refractivity contribution in [3.8, 4) is 0 Å². The van der Waals surface area contributed by atoms with Crippen molar-refractivity contribution in [1.29, 1.82) is 0 Å². The van der Waals surface area contributed by atoms with Crippen LogP contribution < -0.4 is 0 Å². The van der Waals surface area contributed by atoms with Crippen molar-refractivity contribution in [2.75, 3.05) is 19.7 Å². The van der Waals surface area contributed by atoms with Crippen LogP contribution in [0, 0.1) is 5.92 Å². The Morgan fingerprint density at radius 1 is 1.05 bits per heavy atom. The molecule has 1 unspecified atom stereocenters. The minimum Gasteiger partial charge on any atom is -0.347 e. The lowest BCUT2D eigenvalue weighted by Crippen LogP contribution is -2.43. The zero-order chi connectivity index (χ0) is 14.7. The Labute approximate surface area is 130 Å². The lowest BCUT2D eigenvalue weighted by molar-refractivity contribution is -0.193. The maximum absolute atomic E-state index is 6.40. The molecule has 1 aliphatic heterocycles. The number of hydrogen-bond acceptors (Lipinski definition) is 3. The number of rotatable bonds is 4. The van der Waals surface area contributed by atoms with Crippen LogP contribution in [0.2, 0.25) is 0 Å². The third-order valence-electron chi connectivity index (χ3n) is 5.89. The first-order valence-electron chi connectivity index (χ1n) is 9.26. The van der Waals surface area contributed by atoms with Crippen molar-refractivity contribution in [3.63, 3.8) is 0 Å². The predicted molar refractivity (Wildman–Crippen MR) is 85.3 cm³/mol. The molecule has 2 saturated carbocycles. The molecule has 0 N–H and O–H groups in total. The minimum absolute atomic E-state index is 0.219. The van der Waals surface area contributed by atoms with Gasteiger partial charge in [-0.15, -0.1) is 0 Å². The molecule has 3 rings (SSSR count). The van der Waals surface area contributed by atoms with E-state index in [9.17, 15) is 0 Å². The topological polar surface area (TPSA) is 21.7 Å². The van der Waals surface area contributed by atoms with Crippen LogP contribution in [-0.2, 0) is 9.47 Å². The summed E-state index contributed by atoms with van der Waals surface area (Å²) in [4.78, 5) is 2.65. The highest BCUT2D eigenvalue weighted by Crippen LogP contribution is 2.40. The molecule has 0 radical (unpaired) electrons. The zero-order valence-electron chi connectivity index (χ0n) is 14.0. The molecule has 1 spiro atoms. The van der Waals surface area contributed by atoms with Gasteiger partial charge in [-0.1, -0.05) is 33.1 Å². The Morgan fingerprint density at radius 3 is 2.43 bits per heavy atom. The van der Waals surface area contributed by atoms with Gasteiger partial charge in [0, 0.05) is 25.4 Å². The average Bonchev–Trinajstić information content (AvgIpc) is 2.92. The molecule has 1 heterocycles. The summed E-state index contributed by atoms with van der Waals surface area (Å²) in [6.45, 7) is 7.66. The normalized spacial score (nSPS) is 38.4. The van der Waals surface area contributed by atoms with Crippen molar-refractivity contribution in [2.24, 2.45) is 5.92 Å². The van der Waals surface area contributed by atoms with Crippen LogP contribution in [-0.4, -0.2) is 42.5 Å². The van der Waals surface area contributed by atoms with Crippen LogP contribution in [0.1, 0.15) is 71.6 Å². The maximum Gasteiger partial charge on any atom is 0.168 e. The monoisotopic (exact) mass is 295 g/mol. The lowest BCUT2D eigenvalue weighted by atomic mass is 9.86. The van der Waals surface area contributed by atoms with E-state index in [0.29, 0.717) is 6.10 Å². The molecular formula is C18H33NO2. The van der Waals surface area contributed by atoms with Gasteiger partial charge >= 0.3 is 0 Å². The Bertz CT molecular complexity index is 319. The fourth-order valence-electron chi connectivity index (χ4n) is 4.41. The van der Waals surface area contributed by atoms with Crippen LogP contribution in [0.5, 0.6) is 0 Å². The van der Waals surface area contributed by atoms with Crippen molar-refractivity contribution < 1.29 is 9.47 Å². The van der Waals surface area contributed by atoms with E-state index < -0.39 is 0 Å². The summed E-state index contributed by atoms with van der Waals surface area (Å²) in [5, 5.41) is 0. The fraction of sp³-hybridized carbons (Fsp3) is 1.00. The lowest BCUT2D eigenvalue weighted by Gasteiger charge is -2.36. The molecule has 1 saturated heterocycles. The van der Waals surface area contributed by atoms with E-state index >= 15 is 0 Å². The Hall–Kier alpha value is -0.120. The highest BCUT2D eigenvalue weighted by molar-refractivity contribution is 4.86. The largest absolute Gasteiger partial charge is 0.347 e. The molecule has 3 aliphatic rings. The van der Waals surface area contributed by atoms with Gasteiger partial charge in [0.2, 0.25) is 0 Å². The van der Waals surface area contributed by atoms with Gasteiger partial charge in [0.25, 0.3) is 0 Å². The third-order valence-corrected chi connectivity index (χ3v) is 5.89. The van der Waals surface area contributed by atoms with E-state index in [0.717, 1.165) is 44.5 Å². The second-order valence-corrected chi connectivity index (χ2v) is 7.52. The fourth-order valence-corrected chi connectivity index (χ4v) is 4.41. The van der Waals surface area contributed by atoms with E-state index in [-0.39, 0.29) is 5.79 Å². The van der Waals surface area contributed by atoms with E-state index in [1.807, 2.05) is 0 Å². The quantitative estimate of drug-likeness (QED) is 0.783. The predicted octanol–water partition coefficient (Wildman–Crippen LogP) is 3.96. The van der Waals surface area contributed by atoms with Gasteiger partial charge in [0.1, 0.15) is 0 Å².